The number of H-pyrrole nitrogens is 1. The SMILES string of the molecule is C[C@H](Nc1ncc(Br)c(Nc2cc(C3CC3)[nH]n2)n1)c1nc(C(F)(F)F)cs1. The van der Waals surface area contributed by atoms with E-state index in [-0.39, 0.29) is 5.95 Å². The quantitative estimate of drug-likeness (QED) is 0.453. The maximum Gasteiger partial charge on any atom is 0.434 e. The fourth-order valence-corrected chi connectivity index (χ4v) is 3.64. The normalized spacial score (nSPS) is 15.5. The van der Waals surface area contributed by atoms with Crippen LogP contribution in [0, 0.1) is 0 Å². The molecule has 3 aromatic heterocycles. The Balaban J connectivity index is 1.47. The van der Waals surface area contributed by atoms with Gasteiger partial charge in [0.2, 0.25) is 5.95 Å². The molecule has 1 aliphatic rings. The van der Waals surface area contributed by atoms with Crippen molar-refractivity contribution in [2.24, 2.45) is 0 Å². The van der Waals surface area contributed by atoms with Crippen molar-refractivity contribution in [1.82, 2.24) is 25.1 Å². The van der Waals surface area contributed by atoms with E-state index in [2.05, 4.69) is 51.7 Å². The predicted octanol–water partition coefficient (Wildman–Crippen LogP) is 5.23. The Bertz CT molecular complexity index is 983. The van der Waals surface area contributed by atoms with E-state index in [9.17, 15) is 13.2 Å². The maximum absolute atomic E-state index is 12.7. The third-order valence-corrected chi connectivity index (χ3v) is 5.74. The summed E-state index contributed by atoms with van der Waals surface area (Å²) < 4.78 is 38.8. The molecule has 7 nitrogen and oxygen atoms in total. The van der Waals surface area contributed by atoms with E-state index in [4.69, 9.17) is 0 Å². The lowest BCUT2D eigenvalue weighted by Crippen LogP contribution is -2.11. The van der Waals surface area contributed by atoms with Crippen LogP contribution < -0.4 is 10.6 Å². The van der Waals surface area contributed by atoms with E-state index in [1.165, 1.54) is 0 Å². The van der Waals surface area contributed by atoms with Crippen LogP contribution in [0.1, 0.15) is 48.1 Å². The van der Waals surface area contributed by atoms with Gasteiger partial charge in [-0.3, -0.25) is 5.10 Å². The lowest BCUT2D eigenvalue weighted by molar-refractivity contribution is -0.140. The molecule has 3 N–H and O–H groups in total. The molecule has 0 radical (unpaired) electrons. The summed E-state index contributed by atoms with van der Waals surface area (Å²) in [4.78, 5) is 12.2. The van der Waals surface area contributed by atoms with Gasteiger partial charge < -0.3 is 10.6 Å². The Morgan fingerprint density at radius 1 is 1.32 bits per heavy atom. The van der Waals surface area contributed by atoms with Crippen molar-refractivity contribution in [3.8, 4) is 0 Å². The van der Waals surface area contributed by atoms with Crippen molar-refractivity contribution < 1.29 is 13.2 Å². The molecule has 0 aromatic carbocycles. The number of anilines is 3. The van der Waals surface area contributed by atoms with E-state index < -0.39 is 17.9 Å². The molecule has 0 amide bonds. The average Bonchev–Trinajstić information content (AvgIpc) is 3.16. The van der Waals surface area contributed by atoms with E-state index in [1.54, 1.807) is 13.1 Å². The molecule has 1 aliphatic carbocycles. The van der Waals surface area contributed by atoms with Crippen molar-refractivity contribution in [1.29, 1.82) is 0 Å². The summed E-state index contributed by atoms with van der Waals surface area (Å²) in [6.45, 7) is 1.70. The summed E-state index contributed by atoms with van der Waals surface area (Å²) >= 11 is 4.32. The standard InChI is InChI=1S/C16H15BrF3N7S/c1-7(14-23-11(6-28-14)16(18,19)20)22-15-21-5-9(17)13(25-15)24-12-4-10(26-27-12)8-2-3-8/h4-8H,2-3H2,1H3,(H3,21,22,24,25,26,27)/t7-/m0/s1. The number of aromatic amines is 1. The second-order valence-electron chi connectivity index (χ2n) is 6.43. The molecule has 148 valence electrons. The van der Waals surface area contributed by atoms with Crippen LogP contribution in [0.2, 0.25) is 0 Å². The van der Waals surface area contributed by atoms with Gasteiger partial charge >= 0.3 is 6.18 Å². The smallest absolute Gasteiger partial charge is 0.345 e. The zero-order chi connectivity index (χ0) is 19.9. The molecule has 0 spiro atoms. The van der Waals surface area contributed by atoms with Gasteiger partial charge in [-0.1, -0.05) is 0 Å². The van der Waals surface area contributed by atoms with Crippen molar-refractivity contribution in [3.05, 3.63) is 38.5 Å². The van der Waals surface area contributed by atoms with Gasteiger partial charge in [-0.2, -0.15) is 23.3 Å². The highest BCUT2D eigenvalue weighted by Crippen LogP contribution is 2.40. The lowest BCUT2D eigenvalue weighted by Gasteiger charge is -2.13. The predicted molar refractivity (Wildman–Crippen MR) is 103 cm³/mol. The topological polar surface area (TPSA) is 91.4 Å². The molecule has 3 aromatic rings. The monoisotopic (exact) mass is 473 g/mol. The molecule has 0 unspecified atom stereocenters. The number of aromatic nitrogens is 5. The first-order valence-corrected chi connectivity index (χ1v) is 10.1. The van der Waals surface area contributed by atoms with Gasteiger partial charge in [-0.25, -0.2) is 9.97 Å². The van der Waals surface area contributed by atoms with Crippen LogP contribution in [0.15, 0.2) is 22.1 Å². The van der Waals surface area contributed by atoms with Gasteiger partial charge in [0.15, 0.2) is 17.3 Å². The first-order valence-electron chi connectivity index (χ1n) is 8.43. The van der Waals surface area contributed by atoms with E-state index in [1.807, 2.05) is 6.07 Å². The largest absolute Gasteiger partial charge is 0.434 e. The van der Waals surface area contributed by atoms with Gasteiger partial charge in [-0.05, 0) is 35.7 Å². The molecule has 0 saturated heterocycles. The highest BCUT2D eigenvalue weighted by atomic mass is 79.9. The number of nitrogens with one attached hydrogen (secondary N) is 3. The molecule has 3 heterocycles. The van der Waals surface area contributed by atoms with Crippen molar-refractivity contribution in [2.45, 2.75) is 37.9 Å². The third kappa shape index (κ3) is 4.27. The molecule has 1 atom stereocenters. The number of alkyl halides is 3. The summed E-state index contributed by atoms with van der Waals surface area (Å²) in [6.07, 6.45) is -0.570. The number of nitrogens with zero attached hydrogens (tertiary/aromatic N) is 4. The van der Waals surface area contributed by atoms with E-state index in [0.29, 0.717) is 27.0 Å². The number of halogens is 4. The van der Waals surface area contributed by atoms with Crippen molar-refractivity contribution >= 4 is 44.9 Å². The van der Waals surface area contributed by atoms with Crippen LogP contribution in [-0.4, -0.2) is 25.1 Å². The van der Waals surface area contributed by atoms with E-state index >= 15 is 0 Å². The molecule has 1 fully saturated rings. The summed E-state index contributed by atoms with van der Waals surface area (Å²) in [5, 5.41) is 14.6. The highest BCUT2D eigenvalue weighted by molar-refractivity contribution is 9.10. The van der Waals surface area contributed by atoms with Gasteiger partial charge in [0, 0.05) is 29.3 Å². The Kier molecular flexibility index (Phi) is 5.00. The van der Waals surface area contributed by atoms with Crippen LogP contribution in [0.25, 0.3) is 0 Å². The Morgan fingerprint density at radius 2 is 2.11 bits per heavy atom. The number of hydrogen-bond acceptors (Lipinski definition) is 7. The molecule has 4 rings (SSSR count). The van der Waals surface area contributed by atoms with Crippen molar-refractivity contribution in [2.75, 3.05) is 10.6 Å². The zero-order valence-electron chi connectivity index (χ0n) is 14.5. The second-order valence-corrected chi connectivity index (χ2v) is 8.18. The van der Waals surface area contributed by atoms with Gasteiger partial charge in [0.25, 0.3) is 0 Å². The summed E-state index contributed by atoms with van der Waals surface area (Å²) in [6, 6.07) is 1.46. The molecule has 1 saturated carbocycles. The van der Waals surface area contributed by atoms with Gasteiger partial charge in [0.1, 0.15) is 5.01 Å². The fraction of sp³-hybridized carbons (Fsp3) is 0.375. The number of hydrogen-bond donors (Lipinski definition) is 3. The van der Waals surface area contributed by atoms with Crippen LogP contribution in [0.5, 0.6) is 0 Å². The number of thiazole rings is 1. The summed E-state index contributed by atoms with van der Waals surface area (Å²) in [7, 11) is 0. The molecule has 0 bridgehead atoms. The minimum Gasteiger partial charge on any atom is -0.345 e. The summed E-state index contributed by atoms with van der Waals surface area (Å²) in [5.74, 6) is 1.94. The van der Waals surface area contributed by atoms with Gasteiger partial charge in [-0.15, -0.1) is 11.3 Å². The highest BCUT2D eigenvalue weighted by Gasteiger charge is 2.34. The minimum absolute atomic E-state index is 0.264. The maximum atomic E-state index is 12.7. The average molecular weight is 474 g/mol. The van der Waals surface area contributed by atoms with Gasteiger partial charge in [0.05, 0.1) is 10.5 Å². The first-order chi connectivity index (χ1) is 13.3. The summed E-state index contributed by atoms with van der Waals surface area (Å²) in [5.41, 5.74) is 0.189. The lowest BCUT2D eigenvalue weighted by atomic mass is 10.3. The van der Waals surface area contributed by atoms with E-state index in [0.717, 1.165) is 35.3 Å². The first kappa shape index (κ1) is 19.1. The second kappa shape index (κ2) is 7.32. The molecular weight excluding hydrogens is 459 g/mol. The molecule has 12 heteroatoms. The minimum atomic E-state index is -4.46. The van der Waals surface area contributed by atoms with Crippen LogP contribution in [0.4, 0.5) is 30.8 Å². The fourth-order valence-electron chi connectivity index (χ4n) is 2.52. The molecule has 0 aliphatic heterocycles. The van der Waals surface area contributed by atoms with Crippen LogP contribution in [-0.2, 0) is 6.18 Å². The third-order valence-electron chi connectivity index (χ3n) is 4.13. The van der Waals surface area contributed by atoms with Crippen molar-refractivity contribution in [3.63, 3.8) is 0 Å². The molecular formula is C16H15BrF3N7S. The Labute approximate surface area is 170 Å². The van der Waals surface area contributed by atoms with Crippen LogP contribution in [0.3, 0.4) is 0 Å². The Hall–Kier alpha value is -2.21. The Morgan fingerprint density at radius 3 is 2.79 bits per heavy atom. The molecule has 28 heavy (non-hydrogen) atoms. The van der Waals surface area contributed by atoms with Crippen LogP contribution >= 0.6 is 27.3 Å². The zero-order valence-corrected chi connectivity index (χ0v) is 16.9. The number of rotatable bonds is 6.